The van der Waals surface area contributed by atoms with Crippen molar-refractivity contribution in [3.63, 3.8) is 0 Å². The Morgan fingerprint density at radius 3 is 1.39 bits per heavy atom. The maximum Gasteiger partial charge on any atom is 0.0468 e. The van der Waals surface area contributed by atoms with Gasteiger partial charge in [-0.1, -0.05) is 91.0 Å². The number of fused-ring (bicyclic) bond motifs is 2. The highest BCUT2D eigenvalue weighted by atomic mass is 15.1. The topological polar surface area (TPSA) is 3.24 Å². The molecular formula is C32H23N. The molecule has 33 heavy (non-hydrogen) atoms. The Kier molecular flexibility index (Phi) is 4.86. The lowest BCUT2D eigenvalue weighted by Crippen LogP contribution is -2.09. The van der Waals surface area contributed by atoms with Gasteiger partial charge in [-0.3, -0.25) is 0 Å². The molecule has 0 amide bonds. The molecule has 0 atom stereocenters. The van der Waals surface area contributed by atoms with Crippen LogP contribution in [0.1, 0.15) is 0 Å². The Morgan fingerprint density at radius 2 is 0.758 bits per heavy atom. The van der Waals surface area contributed by atoms with Crippen LogP contribution in [0.3, 0.4) is 0 Å². The second-order valence-electron chi connectivity index (χ2n) is 8.31. The summed E-state index contributed by atoms with van der Waals surface area (Å²) in [6.45, 7) is 0. The number of hydrogen-bond acceptors (Lipinski definition) is 1. The van der Waals surface area contributed by atoms with Crippen molar-refractivity contribution in [2.75, 3.05) is 4.90 Å². The van der Waals surface area contributed by atoms with Gasteiger partial charge in [0.1, 0.15) is 0 Å². The van der Waals surface area contributed by atoms with Crippen molar-refractivity contribution in [2.24, 2.45) is 0 Å². The molecule has 0 unspecified atom stereocenters. The minimum atomic E-state index is 1.15. The van der Waals surface area contributed by atoms with Gasteiger partial charge in [0.25, 0.3) is 0 Å². The van der Waals surface area contributed by atoms with Gasteiger partial charge < -0.3 is 4.90 Å². The van der Waals surface area contributed by atoms with Crippen LogP contribution in [-0.2, 0) is 0 Å². The van der Waals surface area contributed by atoms with E-state index in [4.69, 9.17) is 0 Å². The lowest BCUT2D eigenvalue weighted by Gasteiger charge is -2.25. The number of hydrogen-bond donors (Lipinski definition) is 0. The smallest absolute Gasteiger partial charge is 0.0468 e. The zero-order valence-electron chi connectivity index (χ0n) is 18.2. The van der Waals surface area contributed by atoms with Crippen molar-refractivity contribution in [3.8, 4) is 11.1 Å². The zero-order chi connectivity index (χ0) is 22.0. The van der Waals surface area contributed by atoms with Crippen molar-refractivity contribution in [2.45, 2.75) is 0 Å². The number of rotatable bonds is 4. The van der Waals surface area contributed by atoms with Gasteiger partial charge in [0.2, 0.25) is 0 Å². The van der Waals surface area contributed by atoms with Crippen LogP contribution in [0.2, 0.25) is 0 Å². The summed E-state index contributed by atoms with van der Waals surface area (Å²) >= 11 is 0. The molecule has 1 heteroatoms. The van der Waals surface area contributed by atoms with E-state index in [0.717, 1.165) is 17.1 Å². The van der Waals surface area contributed by atoms with Crippen LogP contribution in [0.25, 0.3) is 32.7 Å². The Morgan fingerprint density at radius 1 is 0.303 bits per heavy atom. The third-order valence-corrected chi connectivity index (χ3v) is 6.19. The molecule has 6 aromatic carbocycles. The second-order valence-corrected chi connectivity index (χ2v) is 8.31. The molecular weight excluding hydrogens is 398 g/mol. The minimum Gasteiger partial charge on any atom is -0.310 e. The molecule has 0 aliphatic rings. The molecule has 0 aliphatic heterocycles. The van der Waals surface area contributed by atoms with Gasteiger partial charge >= 0.3 is 0 Å². The molecule has 156 valence electrons. The number of nitrogens with zero attached hydrogens (tertiary/aromatic N) is 1. The molecule has 0 saturated heterocycles. The first-order valence-corrected chi connectivity index (χ1v) is 11.3. The molecule has 0 fully saturated rings. The van der Waals surface area contributed by atoms with Crippen LogP contribution in [-0.4, -0.2) is 0 Å². The largest absolute Gasteiger partial charge is 0.310 e. The molecule has 0 spiro atoms. The minimum absolute atomic E-state index is 1.15. The second kappa shape index (κ2) is 8.29. The molecule has 0 saturated carbocycles. The fourth-order valence-electron chi connectivity index (χ4n) is 4.52. The van der Waals surface area contributed by atoms with Crippen LogP contribution in [0, 0.1) is 0 Å². The monoisotopic (exact) mass is 421 g/mol. The summed E-state index contributed by atoms with van der Waals surface area (Å²) in [5.74, 6) is 0. The highest BCUT2D eigenvalue weighted by Gasteiger charge is 2.12. The summed E-state index contributed by atoms with van der Waals surface area (Å²) in [5.41, 5.74) is 5.93. The highest BCUT2D eigenvalue weighted by molar-refractivity contribution is 5.93. The maximum absolute atomic E-state index is 2.30. The van der Waals surface area contributed by atoms with Crippen LogP contribution in [0.15, 0.2) is 140 Å². The first kappa shape index (κ1) is 19.3. The van der Waals surface area contributed by atoms with E-state index >= 15 is 0 Å². The van der Waals surface area contributed by atoms with E-state index in [0.29, 0.717) is 0 Å². The van der Waals surface area contributed by atoms with Gasteiger partial charge in [-0.25, -0.2) is 0 Å². The summed E-state index contributed by atoms with van der Waals surface area (Å²) in [5, 5.41) is 5.01. The normalized spacial score (nSPS) is 11.0. The fourth-order valence-corrected chi connectivity index (χ4v) is 4.52. The van der Waals surface area contributed by atoms with E-state index in [1.165, 1.54) is 32.7 Å². The molecule has 0 aromatic heterocycles. The molecule has 6 rings (SSSR count). The zero-order valence-corrected chi connectivity index (χ0v) is 18.2. The van der Waals surface area contributed by atoms with Crippen molar-refractivity contribution in [1.29, 1.82) is 0 Å². The van der Waals surface area contributed by atoms with Crippen molar-refractivity contribution in [1.82, 2.24) is 0 Å². The van der Waals surface area contributed by atoms with E-state index in [1.54, 1.807) is 0 Å². The summed E-state index contributed by atoms with van der Waals surface area (Å²) in [6, 6.07) is 49.7. The van der Waals surface area contributed by atoms with Gasteiger partial charge in [0.05, 0.1) is 0 Å². The van der Waals surface area contributed by atoms with E-state index in [1.807, 2.05) is 0 Å². The highest BCUT2D eigenvalue weighted by Crippen LogP contribution is 2.36. The SMILES string of the molecule is c1ccc(N(c2ccccc2)c2ccc3cc(-c4ccc5ccccc5c4)ccc3c2)cc1. The standard InChI is InChI=1S/C32H23N/c1-3-11-30(12-4-1)33(31-13-5-2-6-14-31)32-20-19-28-22-27(17-18-29(28)23-32)26-16-15-24-9-7-8-10-25(24)21-26/h1-23H. The van der Waals surface area contributed by atoms with Crippen LogP contribution < -0.4 is 4.90 Å². The third-order valence-electron chi connectivity index (χ3n) is 6.19. The van der Waals surface area contributed by atoms with Crippen LogP contribution in [0.4, 0.5) is 17.1 Å². The number of anilines is 3. The van der Waals surface area contributed by atoms with Crippen molar-refractivity contribution in [3.05, 3.63) is 140 Å². The Bertz CT molecular complexity index is 1510. The number of benzene rings is 6. The molecule has 0 bridgehead atoms. The van der Waals surface area contributed by atoms with Crippen LogP contribution >= 0.6 is 0 Å². The predicted octanol–water partition coefficient (Wildman–Crippen LogP) is 9.13. The molecule has 0 heterocycles. The third kappa shape index (κ3) is 3.75. The molecule has 0 radical (unpaired) electrons. The number of para-hydroxylation sites is 2. The van der Waals surface area contributed by atoms with E-state index in [2.05, 4.69) is 144 Å². The van der Waals surface area contributed by atoms with Crippen molar-refractivity contribution >= 4 is 38.6 Å². The van der Waals surface area contributed by atoms with Gasteiger partial charge in [-0.2, -0.15) is 0 Å². The van der Waals surface area contributed by atoms with E-state index < -0.39 is 0 Å². The Hall–Kier alpha value is -4.36. The lowest BCUT2D eigenvalue weighted by molar-refractivity contribution is 1.29. The van der Waals surface area contributed by atoms with Gasteiger partial charge in [-0.15, -0.1) is 0 Å². The van der Waals surface area contributed by atoms with Crippen LogP contribution in [0.5, 0.6) is 0 Å². The first-order valence-electron chi connectivity index (χ1n) is 11.3. The van der Waals surface area contributed by atoms with Crippen molar-refractivity contribution < 1.29 is 0 Å². The quantitative estimate of drug-likeness (QED) is 0.274. The summed E-state index contributed by atoms with van der Waals surface area (Å²) < 4.78 is 0. The summed E-state index contributed by atoms with van der Waals surface area (Å²) in [7, 11) is 0. The molecule has 0 N–H and O–H groups in total. The average Bonchev–Trinajstić information content (AvgIpc) is 2.89. The average molecular weight is 422 g/mol. The predicted molar refractivity (Wildman–Crippen MR) is 142 cm³/mol. The van der Waals surface area contributed by atoms with E-state index in [9.17, 15) is 0 Å². The fraction of sp³-hybridized carbons (Fsp3) is 0. The molecule has 6 aromatic rings. The van der Waals surface area contributed by atoms with Gasteiger partial charge in [0, 0.05) is 17.1 Å². The maximum atomic E-state index is 2.30. The lowest BCUT2D eigenvalue weighted by atomic mass is 9.98. The molecule has 1 nitrogen and oxygen atoms in total. The van der Waals surface area contributed by atoms with Gasteiger partial charge in [0.15, 0.2) is 0 Å². The molecule has 0 aliphatic carbocycles. The first-order chi connectivity index (χ1) is 16.3. The summed E-state index contributed by atoms with van der Waals surface area (Å²) in [6.07, 6.45) is 0. The van der Waals surface area contributed by atoms with E-state index in [-0.39, 0.29) is 0 Å². The summed E-state index contributed by atoms with van der Waals surface area (Å²) in [4.78, 5) is 2.30. The van der Waals surface area contributed by atoms with Gasteiger partial charge in [-0.05, 0) is 81.2 Å². The Labute approximate surface area is 194 Å². The Balaban J connectivity index is 1.43.